The van der Waals surface area contributed by atoms with E-state index < -0.39 is 10.1 Å². The lowest BCUT2D eigenvalue weighted by molar-refractivity contribution is -0.120. The van der Waals surface area contributed by atoms with Crippen LogP contribution in [0.1, 0.15) is 16.7 Å². The summed E-state index contributed by atoms with van der Waals surface area (Å²) in [4.78, 5) is 12.4. The Balaban J connectivity index is 1.59. The number of hydrogen-bond donors (Lipinski definition) is 1. The number of carbonyl (C=O) groups excluding carboxylic acids is 1. The highest BCUT2D eigenvalue weighted by atomic mass is 32.2. The zero-order valence-electron chi connectivity index (χ0n) is 19.3. The van der Waals surface area contributed by atoms with Crippen LogP contribution in [-0.2, 0) is 21.3 Å². The maximum atomic E-state index is 12.9. The smallest absolute Gasteiger partial charge is 0.339 e. The third-order valence-electron chi connectivity index (χ3n) is 5.32. The molecule has 0 unspecified atom stereocenters. The predicted molar refractivity (Wildman–Crippen MR) is 135 cm³/mol. The van der Waals surface area contributed by atoms with Gasteiger partial charge in [-0.05, 0) is 53.6 Å². The predicted octanol–water partition coefficient (Wildman–Crippen LogP) is 4.62. The maximum absolute atomic E-state index is 12.9. The highest BCUT2D eigenvalue weighted by Crippen LogP contribution is 2.29. The van der Waals surface area contributed by atoms with Crippen molar-refractivity contribution in [2.45, 2.75) is 18.2 Å². The number of hydrogen-bond acceptors (Lipinski definition) is 6. The quantitative estimate of drug-likeness (QED) is 0.222. The fourth-order valence-electron chi connectivity index (χ4n) is 3.53. The minimum absolute atomic E-state index is 0.0470. The maximum Gasteiger partial charge on any atom is 0.339 e. The van der Waals surface area contributed by atoms with Gasteiger partial charge in [0.15, 0.2) is 5.75 Å². The molecule has 0 bridgehead atoms. The molecule has 0 spiro atoms. The molecule has 1 amide bonds. The van der Waals surface area contributed by atoms with E-state index in [0.29, 0.717) is 11.3 Å². The van der Waals surface area contributed by atoms with Gasteiger partial charge in [0.2, 0.25) is 5.91 Å². The average molecular weight is 489 g/mol. The summed E-state index contributed by atoms with van der Waals surface area (Å²) in [6.45, 7) is 1.87. The van der Waals surface area contributed by atoms with Crippen molar-refractivity contribution in [1.82, 2.24) is 5.43 Å². The van der Waals surface area contributed by atoms with Gasteiger partial charge >= 0.3 is 10.1 Å². The molecule has 35 heavy (non-hydrogen) atoms. The molecule has 1 N–H and O–H groups in total. The van der Waals surface area contributed by atoms with E-state index in [1.54, 1.807) is 49.6 Å². The number of methoxy groups -OCH3 is 1. The van der Waals surface area contributed by atoms with E-state index in [1.165, 1.54) is 18.3 Å². The fourth-order valence-corrected chi connectivity index (χ4v) is 4.48. The van der Waals surface area contributed by atoms with Gasteiger partial charge in [-0.1, -0.05) is 60.2 Å². The minimum atomic E-state index is -4.07. The minimum Gasteiger partial charge on any atom is -0.497 e. The second kappa shape index (κ2) is 10.4. The Kier molecular flexibility index (Phi) is 7.12. The molecular weight excluding hydrogens is 464 g/mol. The lowest BCUT2D eigenvalue weighted by atomic mass is 10.0. The first-order valence-electron chi connectivity index (χ1n) is 10.8. The molecule has 0 aliphatic heterocycles. The van der Waals surface area contributed by atoms with Gasteiger partial charge in [-0.25, -0.2) is 5.43 Å². The van der Waals surface area contributed by atoms with Gasteiger partial charge in [0.25, 0.3) is 0 Å². The molecule has 0 radical (unpaired) electrons. The lowest BCUT2D eigenvalue weighted by Crippen LogP contribution is -2.20. The summed E-state index contributed by atoms with van der Waals surface area (Å²) in [5.41, 5.74) is 4.64. The van der Waals surface area contributed by atoms with Gasteiger partial charge in [-0.3, -0.25) is 4.79 Å². The summed E-state index contributed by atoms with van der Waals surface area (Å²) >= 11 is 0. The van der Waals surface area contributed by atoms with E-state index in [4.69, 9.17) is 8.92 Å². The topological polar surface area (TPSA) is 94.1 Å². The summed E-state index contributed by atoms with van der Waals surface area (Å²) < 4.78 is 36.5. The molecule has 7 nitrogen and oxygen atoms in total. The number of nitrogens with zero attached hydrogens (tertiary/aromatic N) is 1. The molecule has 0 fully saturated rings. The Labute approximate surface area is 204 Å². The number of fused-ring (bicyclic) bond motifs is 1. The van der Waals surface area contributed by atoms with E-state index in [0.717, 1.165) is 21.9 Å². The Morgan fingerprint density at radius 3 is 2.51 bits per heavy atom. The molecule has 8 heteroatoms. The number of carbonyl (C=O) groups is 1. The van der Waals surface area contributed by atoms with E-state index in [1.807, 2.05) is 37.3 Å². The highest BCUT2D eigenvalue weighted by Gasteiger charge is 2.19. The number of amides is 1. The zero-order valence-corrected chi connectivity index (χ0v) is 20.1. The number of hydrazone groups is 1. The van der Waals surface area contributed by atoms with Crippen molar-refractivity contribution < 1.29 is 22.1 Å². The van der Waals surface area contributed by atoms with Crippen molar-refractivity contribution in [2.75, 3.05) is 7.11 Å². The molecule has 178 valence electrons. The summed E-state index contributed by atoms with van der Waals surface area (Å²) in [6, 6.07) is 24.4. The first-order valence-corrected chi connectivity index (χ1v) is 12.2. The van der Waals surface area contributed by atoms with E-state index in [-0.39, 0.29) is 23.0 Å². The number of rotatable bonds is 8. The van der Waals surface area contributed by atoms with Gasteiger partial charge in [0, 0.05) is 5.56 Å². The highest BCUT2D eigenvalue weighted by molar-refractivity contribution is 7.87. The second-order valence-corrected chi connectivity index (χ2v) is 9.42. The number of aryl methyl sites for hydroxylation is 1. The van der Waals surface area contributed by atoms with Crippen molar-refractivity contribution in [3.8, 4) is 11.5 Å². The molecule has 4 aromatic carbocycles. The number of benzene rings is 4. The molecule has 4 aromatic rings. The van der Waals surface area contributed by atoms with Crippen LogP contribution in [-0.4, -0.2) is 27.6 Å². The summed E-state index contributed by atoms with van der Waals surface area (Å²) in [7, 11) is -2.51. The van der Waals surface area contributed by atoms with Crippen molar-refractivity contribution in [3.05, 3.63) is 102 Å². The van der Waals surface area contributed by atoms with Gasteiger partial charge in [0.05, 0.1) is 19.7 Å². The van der Waals surface area contributed by atoms with E-state index >= 15 is 0 Å². The van der Waals surface area contributed by atoms with E-state index in [2.05, 4.69) is 10.5 Å². The van der Waals surface area contributed by atoms with Crippen LogP contribution in [0.15, 0.2) is 94.9 Å². The SMILES string of the molecule is COc1cccc(CC(=O)N/N=C/c2c(OS(=O)(=O)c3ccc(C)cc3)ccc3ccccc23)c1. The lowest BCUT2D eigenvalue weighted by Gasteiger charge is -2.12. The summed E-state index contributed by atoms with van der Waals surface area (Å²) in [5, 5.41) is 5.68. The van der Waals surface area contributed by atoms with E-state index in [9.17, 15) is 13.2 Å². The fraction of sp³-hybridized carbons (Fsp3) is 0.111. The molecule has 0 aliphatic rings. The Morgan fingerprint density at radius 1 is 0.971 bits per heavy atom. The molecule has 0 saturated heterocycles. The van der Waals surface area contributed by atoms with Gasteiger partial charge in [-0.15, -0.1) is 0 Å². The van der Waals surface area contributed by atoms with Crippen molar-refractivity contribution >= 4 is 33.0 Å². The third-order valence-corrected chi connectivity index (χ3v) is 6.57. The average Bonchev–Trinajstić information content (AvgIpc) is 2.85. The Hall–Kier alpha value is -4.17. The number of nitrogens with one attached hydrogen (secondary N) is 1. The van der Waals surface area contributed by atoms with Crippen LogP contribution in [0.4, 0.5) is 0 Å². The number of ether oxygens (including phenoxy) is 1. The van der Waals surface area contributed by atoms with Crippen LogP contribution in [0.5, 0.6) is 11.5 Å². The molecule has 0 atom stereocenters. The van der Waals surface area contributed by atoms with Gasteiger partial charge < -0.3 is 8.92 Å². The molecule has 0 heterocycles. The largest absolute Gasteiger partial charge is 0.497 e. The zero-order chi connectivity index (χ0) is 24.8. The van der Waals surface area contributed by atoms with Crippen molar-refractivity contribution in [1.29, 1.82) is 0 Å². The van der Waals surface area contributed by atoms with Gasteiger partial charge in [0.1, 0.15) is 10.6 Å². The monoisotopic (exact) mass is 488 g/mol. The first kappa shape index (κ1) is 24.0. The van der Waals surface area contributed by atoms with Crippen LogP contribution in [0.2, 0.25) is 0 Å². The van der Waals surface area contributed by atoms with Crippen LogP contribution in [0.25, 0.3) is 10.8 Å². The van der Waals surface area contributed by atoms with Crippen molar-refractivity contribution in [3.63, 3.8) is 0 Å². The first-order chi connectivity index (χ1) is 16.9. The standard InChI is InChI=1S/C27H24N2O5S/c1-19-10-13-23(14-11-19)35(31,32)34-26-15-12-21-7-3-4-9-24(21)25(26)18-28-29-27(30)17-20-6-5-8-22(16-20)33-2/h3-16,18H,17H2,1-2H3,(H,29,30)/b28-18+. The molecular formula is C27H24N2O5S. The van der Waals surface area contributed by atoms with Crippen molar-refractivity contribution in [2.24, 2.45) is 5.10 Å². The summed E-state index contributed by atoms with van der Waals surface area (Å²) in [5.74, 6) is 0.436. The summed E-state index contributed by atoms with van der Waals surface area (Å²) in [6.07, 6.45) is 1.50. The van der Waals surface area contributed by atoms with Crippen LogP contribution >= 0.6 is 0 Å². The molecule has 0 saturated carbocycles. The normalized spacial score (nSPS) is 11.5. The van der Waals surface area contributed by atoms with Gasteiger partial charge in [-0.2, -0.15) is 13.5 Å². The van der Waals surface area contributed by atoms with Crippen LogP contribution in [0.3, 0.4) is 0 Å². The van der Waals surface area contributed by atoms with Crippen LogP contribution < -0.4 is 14.3 Å². The van der Waals surface area contributed by atoms with Crippen LogP contribution in [0, 0.1) is 6.92 Å². The second-order valence-electron chi connectivity index (χ2n) is 7.87. The third kappa shape index (κ3) is 5.85. The molecule has 0 aliphatic carbocycles. The Morgan fingerprint density at radius 2 is 1.74 bits per heavy atom. The Bertz CT molecular complexity index is 1500. The molecule has 4 rings (SSSR count). The molecule has 0 aromatic heterocycles.